The Balaban J connectivity index is 1.55. The van der Waals surface area contributed by atoms with Gasteiger partial charge in [-0.3, -0.25) is 4.79 Å². The summed E-state index contributed by atoms with van der Waals surface area (Å²) in [6, 6.07) is 17.7. The fourth-order valence-corrected chi connectivity index (χ4v) is 3.96. The molecule has 1 aliphatic heterocycles. The van der Waals surface area contributed by atoms with Crippen LogP contribution in [0.25, 0.3) is 0 Å². The van der Waals surface area contributed by atoms with E-state index in [9.17, 15) is 23.8 Å². The van der Waals surface area contributed by atoms with Crippen LogP contribution in [0.1, 0.15) is 36.1 Å². The van der Waals surface area contributed by atoms with Gasteiger partial charge in [0.15, 0.2) is 0 Å². The molecule has 3 aromatic carbocycles. The van der Waals surface area contributed by atoms with Crippen molar-refractivity contribution < 1.29 is 23.8 Å². The lowest BCUT2D eigenvalue weighted by atomic mass is 9.78. The minimum atomic E-state index is -0.807. The van der Waals surface area contributed by atoms with Gasteiger partial charge in [-0.15, -0.1) is 0 Å². The van der Waals surface area contributed by atoms with E-state index < -0.39 is 6.10 Å². The normalized spacial score (nSPS) is 19.4. The predicted octanol–water partition coefficient (Wildman–Crippen LogP) is 4.89. The van der Waals surface area contributed by atoms with Gasteiger partial charge in [-0.1, -0.05) is 24.3 Å². The minimum Gasteiger partial charge on any atom is -0.508 e. The van der Waals surface area contributed by atoms with Crippen LogP contribution in [0.5, 0.6) is 5.75 Å². The number of phenolic OH excluding ortho intramolecular Hbond substituents is 1. The Morgan fingerprint density at radius 1 is 0.867 bits per heavy atom. The number of aromatic hydroxyl groups is 1. The van der Waals surface area contributed by atoms with Gasteiger partial charge in [0.1, 0.15) is 17.4 Å². The summed E-state index contributed by atoms with van der Waals surface area (Å²) in [5.41, 5.74) is 2.03. The number of β-lactam (4-membered cyclic amide) rings is 1. The number of carbonyl (C=O) groups is 1. The van der Waals surface area contributed by atoms with Gasteiger partial charge in [0.25, 0.3) is 0 Å². The molecule has 154 valence electrons. The lowest BCUT2D eigenvalue weighted by Gasteiger charge is -2.48. The maximum Gasteiger partial charge on any atom is 0.233 e. The number of benzene rings is 3. The van der Waals surface area contributed by atoms with Crippen LogP contribution < -0.4 is 4.90 Å². The van der Waals surface area contributed by atoms with Crippen LogP contribution in [-0.2, 0) is 4.79 Å². The van der Waals surface area contributed by atoms with Crippen LogP contribution in [-0.4, -0.2) is 16.1 Å². The van der Waals surface area contributed by atoms with Crippen molar-refractivity contribution in [1.29, 1.82) is 0 Å². The average Bonchev–Trinajstić information content (AvgIpc) is 2.74. The zero-order valence-corrected chi connectivity index (χ0v) is 16.1. The molecule has 3 aromatic rings. The largest absolute Gasteiger partial charge is 0.508 e. The van der Waals surface area contributed by atoms with Crippen LogP contribution in [0.3, 0.4) is 0 Å². The third-order valence-electron chi connectivity index (χ3n) is 5.56. The standard InChI is InChI=1S/C24H21F2NO3/c25-17-5-1-15(2-6-17)22(29)14-13-21-23(16-3-11-20(28)12-4-16)27(24(21)30)19-9-7-18(26)8-10-19/h1-12,21-23,28-29H,13-14H2/t21-,22?,23+/m0/s1. The molecule has 0 aromatic heterocycles. The first-order valence-corrected chi connectivity index (χ1v) is 9.75. The van der Waals surface area contributed by atoms with Crippen molar-refractivity contribution in [2.45, 2.75) is 25.0 Å². The molecule has 0 aliphatic carbocycles. The summed E-state index contributed by atoms with van der Waals surface area (Å²) in [7, 11) is 0. The van der Waals surface area contributed by atoms with Gasteiger partial charge < -0.3 is 15.1 Å². The van der Waals surface area contributed by atoms with Gasteiger partial charge in [-0.2, -0.15) is 0 Å². The summed E-state index contributed by atoms with van der Waals surface area (Å²) in [6.07, 6.45) is -0.0344. The number of aliphatic hydroxyl groups excluding tert-OH is 1. The maximum atomic E-state index is 13.3. The number of anilines is 1. The van der Waals surface area contributed by atoms with E-state index in [0.717, 1.165) is 5.56 Å². The molecule has 3 atom stereocenters. The molecule has 2 N–H and O–H groups in total. The zero-order valence-electron chi connectivity index (χ0n) is 16.1. The lowest BCUT2D eigenvalue weighted by Crippen LogP contribution is -2.55. The zero-order chi connectivity index (χ0) is 21.3. The van der Waals surface area contributed by atoms with Crippen molar-refractivity contribution in [2.75, 3.05) is 4.90 Å². The Labute approximate surface area is 173 Å². The van der Waals surface area contributed by atoms with Gasteiger partial charge in [0.05, 0.1) is 18.1 Å². The molecule has 1 fully saturated rings. The number of halogens is 2. The molecule has 0 spiro atoms. The molecule has 1 aliphatic rings. The second kappa shape index (κ2) is 8.24. The molecular weight excluding hydrogens is 388 g/mol. The van der Waals surface area contributed by atoms with E-state index in [-0.39, 0.29) is 35.3 Å². The first kappa shape index (κ1) is 20.0. The lowest BCUT2D eigenvalue weighted by molar-refractivity contribution is -0.131. The van der Waals surface area contributed by atoms with Crippen molar-refractivity contribution in [1.82, 2.24) is 0 Å². The Hall–Kier alpha value is -3.25. The Morgan fingerprint density at radius 3 is 2.03 bits per heavy atom. The third-order valence-corrected chi connectivity index (χ3v) is 5.56. The highest BCUT2D eigenvalue weighted by atomic mass is 19.1. The second-order valence-electron chi connectivity index (χ2n) is 7.47. The van der Waals surface area contributed by atoms with Crippen molar-refractivity contribution >= 4 is 11.6 Å². The molecule has 0 saturated carbocycles. The number of aliphatic hydroxyl groups is 1. The number of hydrogen-bond donors (Lipinski definition) is 2. The highest BCUT2D eigenvalue weighted by Gasteiger charge is 2.48. The summed E-state index contributed by atoms with van der Waals surface area (Å²) in [5.74, 6) is -1.10. The summed E-state index contributed by atoms with van der Waals surface area (Å²) >= 11 is 0. The number of hydrogen-bond acceptors (Lipinski definition) is 3. The molecule has 30 heavy (non-hydrogen) atoms. The van der Waals surface area contributed by atoms with E-state index in [1.807, 2.05) is 0 Å². The predicted molar refractivity (Wildman–Crippen MR) is 109 cm³/mol. The summed E-state index contributed by atoms with van der Waals surface area (Å²) in [4.78, 5) is 14.6. The maximum absolute atomic E-state index is 13.3. The number of nitrogens with zero attached hydrogens (tertiary/aromatic N) is 1. The van der Waals surface area contributed by atoms with Crippen LogP contribution in [0.2, 0.25) is 0 Å². The number of carbonyl (C=O) groups excluding carboxylic acids is 1. The molecule has 6 heteroatoms. The SMILES string of the molecule is O=C1[C@@H](CCC(O)c2ccc(F)cc2)[C@@H](c2ccc(O)cc2)N1c1ccc(F)cc1. The van der Waals surface area contributed by atoms with E-state index in [0.29, 0.717) is 24.1 Å². The average molecular weight is 409 g/mol. The number of rotatable bonds is 6. The molecule has 1 heterocycles. The highest BCUT2D eigenvalue weighted by molar-refractivity contribution is 6.03. The van der Waals surface area contributed by atoms with Crippen molar-refractivity contribution in [3.8, 4) is 5.75 Å². The van der Waals surface area contributed by atoms with E-state index in [2.05, 4.69) is 0 Å². The van der Waals surface area contributed by atoms with E-state index >= 15 is 0 Å². The molecule has 4 rings (SSSR count). The Morgan fingerprint density at radius 2 is 1.43 bits per heavy atom. The molecule has 4 nitrogen and oxygen atoms in total. The van der Waals surface area contributed by atoms with Gasteiger partial charge >= 0.3 is 0 Å². The quantitative estimate of drug-likeness (QED) is 0.570. The van der Waals surface area contributed by atoms with Gasteiger partial charge in [0, 0.05) is 5.69 Å². The fraction of sp³-hybridized carbons (Fsp3) is 0.208. The summed E-state index contributed by atoms with van der Waals surface area (Å²) < 4.78 is 26.4. The van der Waals surface area contributed by atoms with Crippen LogP contribution in [0.15, 0.2) is 72.8 Å². The number of amides is 1. The monoisotopic (exact) mass is 409 g/mol. The Kier molecular flexibility index (Phi) is 5.50. The fourth-order valence-electron chi connectivity index (χ4n) is 3.96. The first-order chi connectivity index (χ1) is 14.4. The molecular formula is C24H21F2NO3. The molecule has 1 saturated heterocycles. The molecule has 0 radical (unpaired) electrons. The van der Waals surface area contributed by atoms with Gasteiger partial charge in [-0.25, -0.2) is 8.78 Å². The molecule has 0 bridgehead atoms. The van der Waals surface area contributed by atoms with Crippen molar-refractivity contribution in [3.63, 3.8) is 0 Å². The van der Waals surface area contributed by atoms with Gasteiger partial charge in [-0.05, 0) is 72.5 Å². The molecule has 1 amide bonds. The van der Waals surface area contributed by atoms with E-state index in [1.54, 1.807) is 41.3 Å². The highest BCUT2D eigenvalue weighted by Crippen LogP contribution is 2.46. The van der Waals surface area contributed by atoms with Gasteiger partial charge in [0.2, 0.25) is 5.91 Å². The van der Waals surface area contributed by atoms with Crippen LogP contribution in [0.4, 0.5) is 14.5 Å². The minimum absolute atomic E-state index is 0.106. The smallest absolute Gasteiger partial charge is 0.233 e. The summed E-state index contributed by atoms with van der Waals surface area (Å²) in [5, 5.41) is 20.1. The van der Waals surface area contributed by atoms with E-state index in [4.69, 9.17) is 0 Å². The van der Waals surface area contributed by atoms with Crippen LogP contribution in [0, 0.1) is 17.6 Å². The van der Waals surface area contributed by atoms with Crippen molar-refractivity contribution in [2.24, 2.45) is 5.92 Å². The number of phenols is 1. The van der Waals surface area contributed by atoms with E-state index in [1.165, 1.54) is 36.4 Å². The van der Waals surface area contributed by atoms with Crippen molar-refractivity contribution in [3.05, 3.63) is 95.6 Å². The second-order valence-corrected chi connectivity index (χ2v) is 7.47. The topological polar surface area (TPSA) is 60.8 Å². The third kappa shape index (κ3) is 3.91. The Bertz CT molecular complexity index is 1020. The van der Waals surface area contributed by atoms with Crippen LogP contribution >= 0.6 is 0 Å². The first-order valence-electron chi connectivity index (χ1n) is 9.75. The summed E-state index contributed by atoms with van der Waals surface area (Å²) in [6.45, 7) is 0. The molecule has 1 unspecified atom stereocenters.